The smallest absolute Gasteiger partial charge is 0.185 e. The Bertz CT molecular complexity index is 376. The van der Waals surface area contributed by atoms with Crippen LogP contribution in [-0.4, -0.2) is 24.6 Å². The van der Waals surface area contributed by atoms with Crippen molar-refractivity contribution in [2.75, 3.05) is 24.5 Å². The van der Waals surface area contributed by atoms with Crippen molar-refractivity contribution in [3.05, 3.63) is 10.6 Å². The fraction of sp³-hybridized carbons (Fsp3) is 0.727. The molecular formula is C11H15N3S. The molecule has 3 nitrogen and oxygen atoms in total. The first-order valence-corrected chi connectivity index (χ1v) is 6.61. The van der Waals surface area contributed by atoms with Crippen LogP contribution in [0.15, 0.2) is 0 Å². The van der Waals surface area contributed by atoms with Crippen LogP contribution in [0.25, 0.3) is 0 Å². The van der Waals surface area contributed by atoms with Gasteiger partial charge < -0.3 is 10.2 Å². The number of thiazole rings is 1. The van der Waals surface area contributed by atoms with Gasteiger partial charge in [0, 0.05) is 42.9 Å². The molecule has 80 valence electrons. The molecule has 3 heterocycles. The first-order valence-electron chi connectivity index (χ1n) is 5.79. The summed E-state index contributed by atoms with van der Waals surface area (Å²) in [6, 6.07) is 0. The van der Waals surface area contributed by atoms with Crippen molar-refractivity contribution in [1.29, 1.82) is 0 Å². The minimum atomic E-state index is 0.741. The summed E-state index contributed by atoms with van der Waals surface area (Å²) in [4.78, 5) is 8.70. The topological polar surface area (TPSA) is 28.2 Å². The van der Waals surface area contributed by atoms with Crippen LogP contribution in [0.4, 0.5) is 5.13 Å². The molecule has 2 fully saturated rings. The molecular weight excluding hydrogens is 206 g/mol. The lowest BCUT2D eigenvalue weighted by atomic mass is 9.98. The summed E-state index contributed by atoms with van der Waals surface area (Å²) in [5.74, 6) is 0. The molecule has 4 rings (SSSR count). The molecule has 3 aliphatic rings. The Hall–Kier alpha value is -0.610. The van der Waals surface area contributed by atoms with Gasteiger partial charge in [-0.05, 0) is 12.8 Å². The first-order chi connectivity index (χ1) is 7.35. The lowest BCUT2D eigenvalue weighted by Crippen LogP contribution is -2.48. The molecule has 0 bridgehead atoms. The Morgan fingerprint density at radius 3 is 2.93 bits per heavy atom. The van der Waals surface area contributed by atoms with Crippen LogP contribution < -0.4 is 10.2 Å². The second-order valence-corrected chi connectivity index (χ2v) is 6.21. The molecule has 1 saturated carbocycles. The van der Waals surface area contributed by atoms with Crippen LogP contribution in [0, 0.1) is 5.41 Å². The SMILES string of the molecule is C1Cc2nc(N3CC4(CC4)C3)sc2CN1. The molecule has 0 amide bonds. The molecule has 0 unspecified atom stereocenters. The zero-order valence-electron chi connectivity index (χ0n) is 8.75. The fourth-order valence-electron chi connectivity index (χ4n) is 2.64. The molecule has 0 radical (unpaired) electrons. The van der Waals surface area contributed by atoms with Gasteiger partial charge in [0.2, 0.25) is 0 Å². The van der Waals surface area contributed by atoms with E-state index in [4.69, 9.17) is 4.98 Å². The highest BCUT2D eigenvalue weighted by molar-refractivity contribution is 7.15. The summed E-state index contributed by atoms with van der Waals surface area (Å²) in [6.45, 7) is 4.67. The standard InChI is InChI=1S/C11H15N3S/c1-4-12-5-9-8(1)13-10(15-9)14-6-11(7-14)2-3-11/h12H,1-7H2. The monoisotopic (exact) mass is 221 g/mol. The number of aromatic nitrogens is 1. The highest BCUT2D eigenvalue weighted by Crippen LogP contribution is 2.54. The Morgan fingerprint density at radius 1 is 1.33 bits per heavy atom. The van der Waals surface area contributed by atoms with Crippen molar-refractivity contribution >= 4 is 16.5 Å². The van der Waals surface area contributed by atoms with E-state index < -0.39 is 0 Å². The van der Waals surface area contributed by atoms with E-state index in [0.29, 0.717) is 0 Å². The third-order valence-electron chi connectivity index (χ3n) is 3.87. The molecule has 2 aliphatic heterocycles. The van der Waals surface area contributed by atoms with Gasteiger partial charge in [-0.1, -0.05) is 0 Å². The Balaban J connectivity index is 1.58. The number of nitrogens with zero attached hydrogens (tertiary/aromatic N) is 2. The van der Waals surface area contributed by atoms with E-state index in [1.54, 1.807) is 0 Å². The van der Waals surface area contributed by atoms with E-state index in [9.17, 15) is 0 Å². The van der Waals surface area contributed by atoms with Crippen molar-refractivity contribution in [1.82, 2.24) is 10.3 Å². The largest absolute Gasteiger partial charge is 0.347 e. The normalized spacial score (nSPS) is 26.3. The van der Waals surface area contributed by atoms with Crippen molar-refractivity contribution in [3.8, 4) is 0 Å². The molecule has 1 spiro atoms. The summed E-state index contributed by atoms with van der Waals surface area (Å²) in [6.07, 6.45) is 4.02. The van der Waals surface area contributed by atoms with Crippen LogP contribution in [0.5, 0.6) is 0 Å². The summed E-state index contributed by atoms with van der Waals surface area (Å²) >= 11 is 1.90. The third kappa shape index (κ3) is 1.24. The Morgan fingerprint density at radius 2 is 2.20 bits per heavy atom. The zero-order valence-corrected chi connectivity index (χ0v) is 9.57. The van der Waals surface area contributed by atoms with Crippen molar-refractivity contribution in [2.24, 2.45) is 5.41 Å². The van der Waals surface area contributed by atoms with E-state index in [1.807, 2.05) is 11.3 Å². The molecule has 0 atom stereocenters. The maximum atomic E-state index is 4.77. The van der Waals surface area contributed by atoms with E-state index in [2.05, 4.69) is 10.2 Å². The highest BCUT2D eigenvalue weighted by atomic mass is 32.1. The predicted molar refractivity (Wildman–Crippen MR) is 61.4 cm³/mol. The molecule has 1 saturated heterocycles. The quantitative estimate of drug-likeness (QED) is 0.777. The Kier molecular flexibility index (Phi) is 1.56. The van der Waals surface area contributed by atoms with Crippen LogP contribution in [0.3, 0.4) is 0 Å². The van der Waals surface area contributed by atoms with E-state index >= 15 is 0 Å². The van der Waals surface area contributed by atoms with Crippen LogP contribution >= 0.6 is 11.3 Å². The van der Waals surface area contributed by atoms with Gasteiger partial charge in [0.15, 0.2) is 5.13 Å². The predicted octanol–water partition coefficient (Wildman–Crippen LogP) is 1.39. The number of nitrogens with one attached hydrogen (secondary N) is 1. The summed E-state index contributed by atoms with van der Waals surface area (Å²) in [5, 5.41) is 4.69. The van der Waals surface area contributed by atoms with Crippen molar-refractivity contribution in [3.63, 3.8) is 0 Å². The van der Waals surface area contributed by atoms with E-state index in [1.165, 1.54) is 41.6 Å². The number of hydrogen-bond acceptors (Lipinski definition) is 4. The second-order valence-electron chi connectivity index (χ2n) is 5.15. The molecule has 0 aromatic carbocycles. The van der Waals surface area contributed by atoms with Gasteiger partial charge in [-0.2, -0.15) is 0 Å². The van der Waals surface area contributed by atoms with Gasteiger partial charge in [-0.15, -0.1) is 11.3 Å². The minimum Gasteiger partial charge on any atom is -0.347 e. The highest BCUT2D eigenvalue weighted by Gasteiger charge is 2.53. The van der Waals surface area contributed by atoms with E-state index in [-0.39, 0.29) is 0 Å². The van der Waals surface area contributed by atoms with Crippen LogP contribution in [0.1, 0.15) is 23.4 Å². The number of rotatable bonds is 1. The zero-order chi connectivity index (χ0) is 9.88. The van der Waals surface area contributed by atoms with Gasteiger partial charge in [-0.3, -0.25) is 0 Å². The lowest BCUT2D eigenvalue weighted by Gasteiger charge is -2.39. The second kappa shape index (κ2) is 2.74. The maximum Gasteiger partial charge on any atom is 0.185 e. The fourth-order valence-corrected chi connectivity index (χ4v) is 3.71. The number of hydrogen-bond donors (Lipinski definition) is 1. The first kappa shape index (κ1) is 8.53. The summed E-state index contributed by atoms with van der Waals surface area (Å²) < 4.78 is 0. The molecule has 1 aromatic heterocycles. The Labute approximate surface area is 93.5 Å². The van der Waals surface area contributed by atoms with Gasteiger partial charge in [0.25, 0.3) is 0 Å². The van der Waals surface area contributed by atoms with Gasteiger partial charge in [0.1, 0.15) is 0 Å². The third-order valence-corrected chi connectivity index (χ3v) is 5.03. The molecule has 1 aromatic rings. The number of anilines is 1. The minimum absolute atomic E-state index is 0.741. The molecule has 1 aliphatic carbocycles. The molecule has 1 N–H and O–H groups in total. The van der Waals surface area contributed by atoms with Gasteiger partial charge in [-0.25, -0.2) is 4.98 Å². The molecule has 15 heavy (non-hydrogen) atoms. The van der Waals surface area contributed by atoms with Gasteiger partial charge >= 0.3 is 0 Å². The number of fused-ring (bicyclic) bond motifs is 1. The summed E-state index contributed by atoms with van der Waals surface area (Å²) in [5.41, 5.74) is 2.09. The van der Waals surface area contributed by atoms with Gasteiger partial charge in [0.05, 0.1) is 5.69 Å². The lowest BCUT2D eigenvalue weighted by molar-refractivity contribution is 0.387. The average Bonchev–Trinajstić information content (AvgIpc) is 2.89. The average molecular weight is 221 g/mol. The van der Waals surface area contributed by atoms with Crippen molar-refractivity contribution in [2.45, 2.75) is 25.8 Å². The summed E-state index contributed by atoms with van der Waals surface area (Å²) in [7, 11) is 0. The van der Waals surface area contributed by atoms with Crippen LogP contribution in [-0.2, 0) is 13.0 Å². The van der Waals surface area contributed by atoms with E-state index in [0.717, 1.165) is 24.9 Å². The van der Waals surface area contributed by atoms with Crippen molar-refractivity contribution < 1.29 is 0 Å². The molecule has 4 heteroatoms. The maximum absolute atomic E-state index is 4.77. The van der Waals surface area contributed by atoms with Crippen LogP contribution in [0.2, 0.25) is 0 Å².